The van der Waals surface area contributed by atoms with Gasteiger partial charge in [0.05, 0.1) is 29.4 Å². The molecule has 10 nitrogen and oxygen atoms in total. The van der Waals surface area contributed by atoms with Crippen molar-refractivity contribution in [2.45, 2.75) is 45.6 Å². The standard InChI is InChI=1S/C25H31N9O/c1-17(2)25(3,20-6-7-21(27-15-20)18-12-28-24(26)29-13-18)23-31-22(35-32-23)19-14-30-34(16-19)11-10-33-8-4-5-9-33/h6-7,12-17H,4-5,8-11H2,1-3H3,(H2,26,28,29). The molecule has 1 unspecified atom stereocenters. The first-order valence-electron chi connectivity index (χ1n) is 12.1. The van der Waals surface area contributed by atoms with Gasteiger partial charge in [0, 0.05) is 36.9 Å². The lowest BCUT2D eigenvalue weighted by molar-refractivity contribution is 0.316. The minimum atomic E-state index is -0.489. The van der Waals surface area contributed by atoms with Crippen LogP contribution >= 0.6 is 0 Å². The molecule has 1 aliphatic rings. The number of rotatable bonds is 8. The molecule has 0 radical (unpaired) electrons. The Kier molecular flexibility index (Phi) is 6.29. The summed E-state index contributed by atoms with van der Waals surface area (Å²) in [7, 11) is 0. The van der Waals surface area contributed by atoms with Crippen LogP contribution in [0.25, 0.3) is 22.7 Å². The fraction of sp³-hybridized carbons (Fsp3) is 0.440. The van der Waals surface area contributed by atoms with E-state index in [1.807, 2.05) is 29.2 Å². The van der Waals surface area contributed by atoms with Crippen LogP contribution in [0.3, 0.4) is 0 Å². The molecule has 182 valence electrons. The van der Waals surface area contributed by atoms with Crippen LogP contribution in [0.5, 0.6) is 0 Å². The predicted octanol–water partition coefficient (Wildman–Crippen LogP) is 3.43. The molecule has 4 aromatic rings. The molecule has 10 heteroatoms. The molecule has 0 saturated carbocycles. The molecule has 5 heterocycles. The summed E-state index contributed by atoms with van der Waals surface area (Å²) in [5, 5.41) is 8.87. The molecule has 0 aliphatic carbocycles. The van der Waals surface area contributed by atoms with E-state index >= 15 is 0 Å². The van der Waals surface area contributed by atoms with Gasteiger partial charge in [-0.25, -0.2) is 9.97 Å². The van der Waals surface area contributed by atoms with E-state index < -0.39 is 5.41 Å². The van der Waals surface area contributed by atoms with Crippen LogP contribution in [0.15, 0.2) is 47.6 Å². The normalized spacial score (nSPS) is 16.1. The summed E-state index contributed by atoms with van der Waals surface area (Å²) < 4.78 is 7.64. The summed E-state index contributed by atoms with van der Waals surface area (Å²) >= 11 is 0. The lowest BCUT2D eigenvalue weighted by Crippen LogP contribution is -2.31. The van der Waals surface area contributed by atoms with Gasteiger partial charge in [-0.05, 0) is 50.4 Å². The van der Waals surface area contributed by atoms with Crippen LogP contribution in [-0.2, 0) is 12.0 Å². The largest absolute Gasteiger partial charge is 0.368 e. The molecule has 1 aliphatic heterocycles. The quantitative estimate of drug-likeness (QED) is 0.410. The highest BCUT2D eigenvalue weighted by atomic mass is 16.5. The number of pyridine rings is 1. The average Bonchev–Trinajstić information content (AvgIpc) is 3.64. The van der Waals surface area contributed by atoms with Crippen LogP contribution in [0, 0.1) is 5.92 Å². The van der Waals surface area contributed by atoms with Crippen molar-refractivity contribution in [2.24, 2.45) is 5.92 Å². The van der Waals surface area contributed by atoms with Crippen molar-refractivity contribution >= 4 is 5.95 Å². The second kappa shape index (κ2) is 9.53. The smallest absolute Gasteiger partial charge is 0.261 e. The van der Waals surface area contributed by atoms with Crippen LogP contribution in [0.4, 0.5) is 5.95 Å². The third-order valence-corrected chi connectivity index (χ3v) is 7.10. The van der Waals surface area contributed by atoms with E-state index in [1.54, 1.807) is 18.6 Å². The minimum absolute atomic E-state index is 0.198. The van der Waals surface area contributed by atoms with E-state index in [-0.39, 0.29) is 11.9 Å². The van der Waals surface area contributed by atoms with Crippen molar-refractivity contribution in [2.75, 3.05) is 25.4 Å². The number of hydrogen-bond acceptors (Lipinski definition) is 9. The number of likely N-dealkylation sites (tertiary alicyclic amines) is 1. The summed E-state index contributed by atoms with van der Waals surface area (Å²) in [5.41, 5.74) is 8.52. The molecule has 1 fully saturated rings. The lowest BCUT2D eigenvalue weighted by atomic mass is 9.73. The summed E-state index contributed by atoms with van der Waals surface area (Å²) in [6, 6.07) is 4.00. The number of nitrogen functional groups attached to an aromatic ring is 1. The second-order valence-electron chi connectivity index (χ2n) is 9.58. The molecule has 0 amide bonds. The Labute approximate surface area is 204 Å². The summed E-state index contributed by atoms with van der Waals surface area (Å²) in [6.45, 7) is 10.6. The van der Waals surface area contributed by atoms with E-state index in [0.29, 0.717) is 11.7 Å². The number of anilines is 1. The molecule has 2 N–H and O–H groups in total. The van der Waals surface area contributed by atoms with Gasteiger partial charge < -0.3 is 15.2 Å². The highest BCUT2D eigenvalue weighted by molar-refractivity contribution is 5.58. The monoisotopic (exact) mass is 473 g/mol. The number of hydrogen-bond donors (Lipinski definition) is 1. The van der Waals surface area contributed by atoms with Gasteiger partial charge in [-0.1, -0.05) is 25.1 Å². The zero-order valence-electron chi connectivity index (χ0n) is 20.4. The van der Waals surface area contributed by atoms with E-state index in [4.69, 9.17) is 15.2 Å². The van der Waals surface area contributed by atoms with Crippen molar-refractivity contribution in [1.82, 2.24) is 39.8 Å². The van der Waals surface area contributed by atoms with Crippen molar-refractivity contribution in [3.8, 4) is 22.7 Å². The summed E-state index contributed by atoms with van der Waals surface area (Å²) in [4.78, 5) is 20.0. The topological polar surface area (TPSA) is 125 Å². The highest BCUT2D eigenvalue weighted by Gasteiger charge is 2.38. The zero-order chi connectivity index (χ0) is 24.4. The fourth-order valence-electron chi connectivity index (χ4n) is 4.46. The van der Waals surface area contributed by atoms with Crippen LogP contribution < -0.4 is 5.73 Å². The Morgan fingerprint density at radius 3 is 2.46 bits per heavy atom. The van der Waals surface area contributed by atoms with E-state index in [1.165, 1.54) is 25.9 Å². The highest BCUT2D eigenvalue weighted by Crippen LogP contribution is 2.38. The average molecular weight is 474 g/mol. The molecule has 0 bridgehead atoms. The van der Waals surface area contributed by atoms with Gasteiger partial charge in [0.2, 0.25) is 5.95 Å². The number of aromatic nitrogens is 7. The first-order valence-corrected chi connectivity index (χ1v) is 12.1. The molecule has 1 atom stereocenters. The Bertz CT molecular complexity index is 1260. The van der Waals surface area contributed by atoms with Crippen LogP contribution in [0.2, 0.25) is 0 Å². The van der Waals surface area contributed by atoms with E-state index in [9.17, 15) is 0 Å². The molecule has 1 saturated heterocycles. The molecule has 4 aromatic heterocycles. The molecular formula is C25H31N9O. The van der Waals surface area contributed by atoms with Gasteiger partial charge in [0.15, 0.2) is 5.82 Å². The Hall–Kier alpha value is -3.66. The molecule has 0 spiro atoms. The Morgan fingerprint density at radius 1 is 1.00 bits per heavy atom. The maximum atomic E-state index is 5.69. The van der Waals surface area contributed by atoms with Gasteiger partial charge in [-0.15, -0.1) is 0 Å². The fourth-order valence-corrected chi connectivity index (χ4v) is 4.46. The third kappa shape index (κ3) is 4.66. The minimum Gasteiger partial charge on any atom is -0.368 e. The van der Waals surface area contributed by atoms with Gasteiger partial charge in [0.1, 0.15) is 0 Å². The molecule has 35 heavy (non-hydrogen) atoms. The predicted molar refractivity (Wildman–Crippen MR) is 132 cm³/mol. The van der Waals surface area contributed by atoms with E-state index in [2.05, 4.69) is 50.9 Å². The van der Waals surface area contributed by atoms with Gasteiger partial charge in [-0.3, -0.25) is 9.67 Å². The summed E-state index contributed by atoms with van der Waals surface area (Å²) in [6.07, 6.45) is 11.5. The third-order valence-electron chi connectivity index (χ3n) is 7.10. The van der Waals surface area contributed by atoms with E-state index in [0.717, 1.165) is 35.5 Å². The lowest BCUT2D eigenvalue weighted by Gasteiger charge is -2.30. The first-order chi connectivity index (χ1) is 16.9. The van der Waals surface area contributed by atoms with Crippen molar-refractivity contribution in [3.63, 3.8) is 0 Å². The maximum absolute atomic E-state index is 5.69. The Morgan fingerprint density at radius 2 is 1.77 bits per heavy atom. The molecule has 5 rings (SSSR count). The SMILES string of the molecule is CC(C)C(C)(c1ccc(-c2cnc(N)nc2)nc1)c1noc(-c2cnn(CCN3CCCC3)c2)n1. The van der Waals surface area contributed by atoms with Gasteiger partial charge >= 0.3 is 0 Å². The van der Waals surface area contributed by atoms with Crippen molar-refractivity contribution in [3.05, 3.63) is 54.5 Å². The molecule has 0 aromatic carbocycles. The first kappa shape index (κ1) is 23.1. The van der Waals surface area contributed by atoms with Gasteiger partial charge in [-0.2, -0.15) is 10.1 Å². The van der Waals surface area contributed by atoms with Crippen LogP contribution in [0.1, 0.15) is 45.0 Å². The number of nitrogens with zero attached hydrogens (tertiary/aromatic N) is 8. The summed E-state index contributed by atoms with van der Waals surface area (Å²) in [5.74, 6) is 1.53. The second-order valence-corrected chi connectivity index (χ2v) is 9.58. The maximum Gasteiger partial charge on any atom is 0.261 e. The number of nitrogens with two attached hydrogens (primary N) is 1. The van der Waals surface area contributed by atoms with Crippen molar-refractivity contribution in [1.29, 1.82) is 0 Å². The Balaban J connectivity index is 1.36. The zero-order valence-corrected chi connectivity index (χ0v) is 20.4. The van der Waals surface area contributed by atoms with Crippen molar-refractivity contribution < 1.29 is 4.52 Å². The van der Waals surface area contributed by atoms with Crippen LogP contribution in [-0.4, -0.2) is 59.4 Å². The molecular weight excluding hydrogens is 442 g/mol. The van der Waals surface area contributed by atoms with Gasteiger partial charge in [0.25, 0.3) is 5.89 Å².